The summed E-state index contributed by atoms with van der Waals surface area (Å²) in [6, 6.07) is 12.3. The molecule has 0 radical (unpaired) electrons. The molecule has 0 aliphatic carbocycles. The molecule has 0 saturated heterocycles. The van der Waals surface area contributed by atoms with E-state index >= 15 is 0 Å². The number of alkyl halides is 5. The average Bonchev–Trinajstić information content (AvgIpc) is 3.38. The lowest BCUT2D eigenvalue weighted by Crippen LogP contribution is -2.47. The number of para-hydroxylation sites is 2. The minimum absolute atomic E-state index is 0.0672. The molecule has 216 valence electrons. The van der Waals surface area contributed by atoms with E-state index < -0.39 is 34.4 Å². The monoisotopic (exact) mass is 622 g/mol. The van der Waals surface area contributed by atoms with E-state index in [2.05, 4.69) is 10.2 Å². The van der Waals surface area contributed by atoms with Crippen LogP contribution in [0.15, 0.2) is 48.5 Å². The molecule has 1 aliphatic rings. The highest BCUT2D eigenvalue weighted by molar-refractivity contribution is 7.13. The predicted octanol–water partition coefficient (Wildman–Crippen LogP) is 6.12. The van der Waals surface area contributed by atoms with Crippen molar-refractivity contribution in [1.29, 1.82) is 0 Å². The van der Waals surface area contributed by atoms with Crippen molar-refractivity contribution < 1.29 is 36.6 Å². The lowest BCUT2D eigenvalue weighted by molar-refractivity contribution is -0.138. The van der Waals surface area contributed by atoms with Gasteiger partial charge >= 0.3 is 6.18 Å². The summed E-state index contributed by atoms with van der Waals surface area (Å²) in [5, 5.41) is 4.72. The van der Waals surface area contributed by atoms with Gasteiger partial charge < -0.3 is 19.3 Å². The SMILES string of the molecule is CC(C)N(C(=O)COc1nnc(C(F)(F)F)s1)c1ccc(F)cc1.CC1COc2ccccc2N1C(=O)C(Cl)Cl. The van der Waals surface area contributed by atoms with Gasteiger partial charge in [0.2, 0.25) is 5.01 Å². The average molecular weight is 623 g/mol. The molecule has 0 N–H and O–H groups in total. The minimum atomic E-state index is -4.61. The number of hydrogen-bond donors (Lipinski definition) is 0. The van der Waals surface area contributed by atoms with Gasteiger partial charge in [-0.3, -0.25) is 9.59 Å². The van der Waals surface area contributed by atoms with Crippen molar-refractivity contribution in [2.24, 2.45) is 0 Å². The molecule has 0 fully saturated rings. The minimum Gasteiger partial charge on any atom is -0.489 e. The Morgan fingerprint density at radius 2 is 1.80 bits per heavy atom. The van der Waals surface area contributed by atoms with Crippen LogP contribution in [0.25, 0.3) is 0 Å². The van der Waals surface area contributed by atoms with Crippen LogP contribution in [0.1, 0.15) is 25.8 Å². The summed E-state index contributed by atoms with van der Waals surface area (Å²) in [6.45, 7) is 5.32. The van der Waals surface area contributed by atoms with Gasteiger partial charge in [-0.15, -0.1) is 5.10 Å². The molecule has 0 spiro atoms. The first kappa shape index (κ1) is 31.4. The molecule has 2 aromatic carbocycles. The number of amides is 2. The predicted molar refractivity (Wildman–Crippen MR) is 144 cm³/mol. The van der Waals surface area contributed by atoms with Crippen LogP contribution < -0.4 is 19.3 Å². The smallest absolute Gasteiger partial charge is 0.445 e. The molecule has 1 atom stereocenters. The fourth-order valence-electron chi connectivity index (χ4n) is 3.65. The summed E-state index contributed by atoms with van der Waals surface area (Å²) < 4.78 is 60.8. The molecule has 0 saturated carbocycles. The van der Waals surface area contributed by atoms with Gasteiger partial charge in [-0.2, -0.15) is 13.2 Å². The van der Waals surface area contributed by atoms with E-state index in [1.54, 1.807) is 18.7 Å². The number of hydrogen-bond acceptors (Lipinski definition) is 7. The summed E-state index contributed by atoms with van der Waals surface area (Å²) >= 11 is 11.5. The second-order valence-corrected chi connectivity index (χ2v) is 10.7. The quantitative estimate of drug-likeness (QED) is 0.243. The lowest BCUT2D eigenvalue weighted by atomic mass is 10.1. The topological polar surface area (TPSA) is 84.9 Å². The van der Waals surface area contributed by atoms with Gasteiger partial charge in [-0.05, 0) is 57.2 Å². The van der Waals surface area contributed by atoms with Crippen molar-refractivity contribution in [2.45, 2.75) is 43.9 Å². The molecule has 15 heteroatoms. The van der Waals surface area contributed by atoms with Crippen LogP contribution in [0.2, 0.25) is 0 Å². The van der Waals surface area contributed by atoms with E-state index in [4.69, 9.17) is 32.7 Å². The summed E-state index contributed by atoms with van der Waals surface area (Å²) in [5.41, 5.74) is 1.17. The highest BCUT2D eigenvalue weighted by atomic mass is 35.5. The molecule has 40 heavy (non-hydrogen) atoms. The van der Waals surface area contributed by atoms with E-state index in [9.17, 15) is 27.2 Å². The number of benzene rings is 2. The number of aromatic nitrogens is 2. The Labute approximate surface area is 241 Å². The highest BCUT2D eigenvalue weighted by Gasteiger charge is 2.36. The van der Waals surface area contributed by atoms with E-state index in [1.165, 1.54) is 29.2 Å². The Balaban J connectivity index is 0.000000238. The normalized spacial score (nSPS) is 14.7. The molecule has 4 rings (SSSR count). The van der Waals surface area contributed by atoms with Gasteiger partial charge in [0.1, 0.15) is 18.2 Å². The van der Waals surface area contributed by atoms with Crippen LogP contribution >= 0.6 is 34.5 Å². The Morgan fingerprint density at radius 1 is 1.15 bits per heavy atom. The third-order valence-electron chi connectivity index (χ3n) is 5.33. The Bertz CT molecular complexity index is 1310. The molecule has 0 bridgehead atoms. The Kier molecular flexibility index (Phi) is 10.6. The van der Waals surface area contributed by atoms with Gasteiger partial charge in [-0.25, -0.2) is 4.39 Å². The number of nitrogens with zero attached hydrogens (tertiary/aromatic N) is 4. The van der Waals surface area contributed by atoms with Crippen molar-refractivity contribution in [3.8, 4) is 10.9 Å². The third-order valence-corrected chi connectivity index (χ3v) is 6.58. The zero-order chi connectivity index (χ0) is 29.6. The number of halogens is 6. The first-order valence-electron chi connectivity index (χ1n) is 11.7. The van der Waals surface area contributed by atoms with Crippen LogP contribution in [0.5, 0.6) is 10.9 Å². The van der Waals surface area contributed by atoms with Crippen molar-refractivity contribution in [2.75, 3.05) is 23.0 Å². The molecule has 3 aromatic rings. The van der Waals surface area contributed by atoms with E-state index in [0.717, 1.165) is 5.69 Å². The first-order chi connectivity index (χ1) is 18.8. The number of rotatable bonds is 6. The molecule has 1 unspecified atom stereocenters. The lowest BCUT2D eigenvalue weighted by Gasteiger charge is -2.35. The van der Waals surface area contributed by atoms with E-state index in [1.807, 2.05) is 31.2 Å². The van der Waals surface area contributed by atoms with Crippen LogP contribution in [0.4, 0.5) is 28.9 Å². The summed E-state index contributed by atoms with van der Waals surface area (Å²) in [5.74, 6) is -0.574. The van der Waals surface area contributed by atoms with Crippen LogP contribution in [-0.4, -0.2) is 52.1 Å². The van der Waals surface area contributed by atoms with E-state index in [-0.39, 0.29) is 34.5 Å². The number of carbonyl (C=O) groups excluding carboxylic acids is 2. The van der Waals surface area contributed by atoms with Gasteiger partial charge in [0.15, 0.2) is 11.4 Å². The molecule has 1 aliphatic heterocycles. The molecule has 2 heterocycles. The molecule has 1 aromatic heterocycles. The zero-order valence-corrected chi connectivity index (χ0v) is 23.7. The number of carbonyl (C=O) groups is 2. The Morgan fingerprint density at radius 3 is 2.38 bits per heavy atom. The fourth-order valence-corrected chi connectivity index (χ4v) is 4.42. The maximum Gasteiger partial charge on any atom is 0.445 e. The largest absolute Gasteiger partial charge is 0.489 e. The van der Waals surface area contributed by atoms with Gasteiger partial charge in [0.25, 0.3) is 17.0 Å². The first-order valence-corrected chi connectivity index (χ1v) is 13.4. The molecular weight excluding hydrogens is 599 g/mol. The maximum atomic E-state index is 13.0. The second-order valence-electron chi connectivity index (χ2n) is 8.63. The van der Waals surface area contributed by atoms with Crippen LogP contribution in [0.3, 0.4) is 0 Å². The standard InChI is InChI=1S/C14H13F4N3O2S.C11H11Cl2NO2/c1-8(2)21(10-5-3-9(15)4-6-10)11(22)7-23-13-20-19-12(24-13)14(16,17)18;1-7-6-16-9-5-3-2-4-8(9)14(7)11(15)10(12)13/h3-6,8H,7H2,1-2H3;2-5,7,10H,6H2,1H3. The maximum absolute atomic E-state index is 13.0. The third kappa shape index (κ3) is 7.95. The summed E-state index contributed by atoms with van der Waals surface area (Å²) in [7, 11) is 0. The van der Waals surface area contributed by atoms with Gasteiger partial charge in [-0.1, -0.05) is 51.8 Å². The van der Waals surface area contributed by atoms with Crippen molar-refractivity contribution >= 4 is 57.7 Å². The number of fused-ring (bicyclic) bond motifs is 1. The number of anilines is 2. The van der Waals surface area contributed by atoms with E-state index in [0.29, 0.717) is 18.0 Å². The Hall–Kier alpha value is -3.16. The molecule has 2 amide bonds. The van der Waals surface area contributed by atoms with Crippen molar-refractivity contribution in [1.82, 2.24) is 10.2 Å². The fraction of sp³-hybridized carbons (Fsp3) is 0.360. The zero-order valence-electron chi connectivity index (χ0n) is 21.4. The number of ether oxygens (including phenoxy) is 2. The highest BCUT2D eigenvalue weighted by Crippen LogP contribution is 2.35. The summed E-state index contributed by atoms with van der Waals surface area (Å²) in [6.07, 6.45) is -4.61. The van der Waals surface area contributed by atoms with Gasteiger partial charge in [0, 0.05) is 11.7 Å². The summed E-state index contributed by atoms with van der Waals surface area (Å²) in [4.78, 5) is 26.1. The molecular formula is C25H24Cl2F4N4O4S. The molecule has 8 nitrogen and oxygen atoms in total. The second kappa shape index (κ2) is 13.5. The van der Waals surface area contributed by atoms with Gasteiger partial charge in [0.05, 0.1) is 11.7 Å². The van der Waals surface area contributed by atoms with Crippen molar-refractivity contribution in [3.63, 3.8) is 0 Å². The van der Waals surface area contributed by atoms with Crippen LogP contribution in [-0.2, 0) is 15.8 Å². The van der Waals surface area contributed by atoms with Crippen molar-refractivity contribution in [3.05, 3.63) is 59.4 Å². The van der Waals surface area contributed by atoms with Crippen LogP contribution in [0, 0.1) is 5.82 Å².